The van der Waals surface area contributed by atoms with Crippen LogP contribution < -0.4 is 0 Å². The van der Waals surface area contributed by atoms with Gasteiger partial charge in [0.25, 0.3) is 0 Å². The van der Waals surface area contributed by atoms with Crippen molar-refractivity contribution in [2.24, 2.45) is 4.99 Å². The first-order valence-electron chi connectivity index (χ1n) is 4.49. The van der Waals surface area contributed by atoms with Crippen LogP contribution in [0.3, 0.4) is 0 Å². The number of hydrogen-bond acceptors (Lipinski definition) is 3. The van der Waals surface area contributed by atoms with E-state index < -0.39 is 0 Å². The summed E-state index contributed by atoms with van der Waals surface area (Å²) in [6.45, 7) is 1.79. The lowest BCUT2D eigenvalue weighted by molar-refractivity contribution is 0.338. The first-order valence-corrected chi connectivity index (χ1v) is 4.49. The Bertz CT molecular complexity index is 226. The Hall–Kier alpha value is -1.28. The molecule has 5 heteroatoms. The third-order valence-electron chi connectivity index (χ3n) is 1.77. The van der Waals surface area contributed by atoms with Gasteiger partial charge in [-0.25, -0.2) is 0 Å². The Kier molecular flexibility index (Phi) is 5.65. The third-order valence-corrected chi connectivity index (χ3v) is 1.77. The lowest BCUT2D eigenvalue weighted by atomic mass is 10.5. The summed E-state index contributed by atoms with van der Waals surface area (Å²) in [5, 5.41) is 8.51. The highest BCUT2D eigenvalue weighted by Gasteiger charge is 2.08. The molecule has 0 saturated heterocycles. The molecule has 0 rings (SSSR count). The minimum absolute atomic E-state index is 0.689. The second kappa shape index (κ2) is 6.22. The molecular formula is C9H19N5. The van der Waals surface area contributed by atoms with Crippen LogP contribution in [0.15, 0.2) is 4.99 Å². The van der Waals surface area contributed by atoms with Crippen LogP contribution in [0.5, 0.6) is 0 Å². The predicted molar refractivity (Wildman–Crippen MR) is 57.9 cm³/mol. The zero-order valence-electron chi connectivity index (χ0n) is 9.65. The molecule has 0 aromatic carbocycles. The highest BCUT2D eigenvalue weighted by Crippen LogP contribution is 1.92. The van der Waals surface area contributed by atoms with Gasteiger partial charge in [-0.15, -0.1) is 4.99 Å². The molecule has 0 saturated carbocycles. The number of nitriles is 1. The van der Waals surface area contributed by atoms with E-state index in [9.17, 15) is 0 Å². The van der Waals surface area contributed by atoms with Crippen LogP contribution in [0.2, 0.25) is 0 Å². The van der Waals surface area contributed by atoms with Gasteiger partial charge in [-0.05, 0) is 14.1 Å². The van der Waals surface area contributed by atoms with E-state index in [0.717, 1.165) is 13.1 Å². The summed E-state index contributed by atoms with van der Waals surface area (Å²) in [7, 11) is 9.72. The third kappa shape index (κ3) is 4.67. The fourth-order valence-corrected chi connectivity index (χ4v) is 1.02. The Balaban J connectivity index is 4.25. The maximum Gasteiger partial charge on any atom is 0.211 e. The maximum absolute atomic E-state index is 8.51. The van der Waals surface area contributed by atoms with Crippen LogP contribution in [0.25, 0.3) is 0 Å². The van der Waals surface area contributed by atoms with Crippen molar-refractivity contribution < 1.29 is 0 Å². The molecule has 80 valence electrons. The van der Waals surface area contributed by atoms with Crippen molar-refractivity contribution >= 4 is 5.96 Å². The molecule has 0 spiro atoms. The molecule has 0 fully saturated rings. The molecule has 0 heterocycles. The van der Waals surface area contributed by atoms with Gasteiger partial charge in [-0.3, -0.25) is 0 Å². The molecule has 0 atom stereocenters. The molecule has 0 aromatic rings. The van der Waals surface area contributed by atoms with Gasteiger partial charge in [-0.2, -0.15) is 5.26 Å². The van der Waals surface area contributed by atoms with Gasteiger partial charge in [0.2, 0.25) is 12.2 Å². The minimum atomic E-state index is 0.689. The number of likely N-dealkylation sites (N-methyl/N-ethyl adjacent to an activating group) is 2. The van der Waals surface area contributed by atoms with Crippen molar-refractivity contribution in [3.8, 4) is 6.19 Å². The summed E-state index contributed by atoms with van der Waals surface area (Å²) in [4.78, 5) is 9.64. The minimum Gasteiger partial charge on any atom is -0.348 e. The molecule has 0 aromatic heterocycles. The van der Waals surface area contributed by atoms with Crippen molar-refractivity contribution in [1.29, 1.82) is 5.26 Å². The van der Waals surface area contributed by atoms with Crippen molar-refractivity contribution in [2.75, 3.05) is 48.3 Å². The summed E-state index contributed by atoms with van der Waals surface area (Å²) in [6.07, 6.45) is 1.81. The summed E-state index contributed by atoms with van der Waals surface area (Å²) in [6, 6.07) is 0. The molecule has 0 unspecified atom stereocenters. The monoisotopic (exact) mass is 197 g/mol. The zero-order valence-corrected chi connectivity index (χ0v) is 9.65. The maximum atomic E-state index is 8.51. The fraction of sp³-hybridized carbons (Fsp3) is 0.778. The molecule has 14 heavy (non-hydrogen) atoms. The molecule has 0 bridgehead atoms. The SMILES string of the molecule is CN(C)CCN(C)/C(=N/C#N)N(C)C. The predicted octanol–water partition coefficient (Wildman–Crippen LogP) is -0.122. The molecular weight excluding hydrogens is 178 g/mol. The Morgan fingerprint density at radius 2 is 1.71 bits per heavy atom. The van der Waals surface area contributed by atoms with Crippen LogP contribution in [-0.4, -0.2) is 69.0 Å². The van der Waals surface area contributed by atoms with Crippen LogP contribution in [0.1, 0.15) is 0 Å². The van der Waals surface area contributed by atoms with Crippen LogP contribution >= 0.6 is 0 Å². The number of aliphatic imine (C=N–C) groups is 1. The molecule has 0 aliphatic carbocycles. The van der Waals surface area contributed by atoms with Crippen molar-refractivity contribution in [2.45, 2.75) is 0 Å². The summed E-state index contributed by atoms with van der Waals surface area (Å²) in [5.74, 6) is 0.689. The zero-order chi connectivity index (χ0) is 11.1. The lowest BCUT2D eigenvalue weighted by Gasteiger charge is -2.26. The quantitative estimate of drug-likeness (QED) is 0.359. The highest BCUT2D eigenvalue weighted by molar-refractivity contribution is 5.80. The van der Waals surface area contributed by atoms with Crippen LogP contribution in [-0.2, 0) is 0 Å². The summed E-state index contributed by atoms with van der Waals surface area (Å²) >= 11 is 0. The van der Waals surface area contributed by atoms with Gasteiger partial charge < -0.3 is 14.7 Å². The van der Waals surface area contributed by atoms with E-state index in [1.165, 1.54) is 0 Å². The lowest BCUT2D eigenvalue weighted by Crippen LogP contribution is -2.41. The normalized spacial score (nSPS) is 11.4. The van der Waals surface area contributed by atoms with Gasteiger partial charge in [0.15, 0.2) is 0 Å². The van der Waals surface area contributed by atoms with Crippen LogP contribution in [0, 0.1) is 11.5 Å². The Labute approximate surface area is 86.2 Å². The number of guanidine groups is 1. The summed E-state index contributed by atoms with van der Waals surface area (Å²) in [5.41, 5.74) is 0. The second-order valence-electron chi connectivity index (χ2n) is 3.63. The average molecular weight is 197 g/mol. The van der Waals surface area contributed by atoms with Gasteiger partial charge >= 0.3 is 0 Å². The Morgan fingerprint density at radius 1 is 1.14 bits per heavy atom. The molecule has 5 nitrogen and oxygen atoms in total. The van der Waals surface area contributed by atoms with E-state index in [1.54, 1.807) is 0 Å². The van der Waals surface area contributed by atoms with Crippen molar-refractivity contribution in [1.82, 2.24) is 14.7 Å². The molecule has 0 amide bonds. The van der Waals surface area contributed by atoms with E-state index in [0.29, 0.717) is 5.96 Å². The van der Waals surface area contributed by atoms with E-state index in [1.807, 2.05) is 51.2 Å². The van der Waals surface area contributed by atoms with E-state index in [2.05, 4.69) is 9.89 Å². The second-order valence-corrected chi connectivity index (χ2v) is 3.63. The van der Waals surface area contributed by atoms with Crippen molar-refractivity contribution in [3.05, 3.63) is 0 Å². The first-order chi connectivity index (χ1) is 6.49. The Morgan fingerprint density at radius 3 is 2.07 bits per heavy atom. The van der Waals surface area contributed by atoms with Gasteiger partial charge in [-0.1, -0.05) is 0 Å². The van der Waals surface area contributed by atoms with Gasteiger partial charge in [0.05, 0.1) is 0 Å². The number of nitrogens with zero attached hydrogens (tertiary/aromatic N) is 5. The van der Waals surface area contributed by atoms with Gasteiger partial charge in [0, 0.05) is 34.2 Å². The van der Waals surface area contributed by atoms with Crippen LogP contribution in [0.4, 0.5) is 0 Å². The number of hydrogen-bond donors (Lipinski definition) is 0. The topological polar surface area (TPSA) is 45.9 Å². The number of rotatable bonds is 3. The molecule has 0 N–H and O–H groups in total. The van der Waals surface area contributed by atoms with Crippen molar-refractivity contribution in [3.63, 3.8) is 0 Å². The van der Waals surface area contributed by atoms with Gasteiger partial charge in [0.1, 0.15) is 0 Å². The molecule has 0 aliphatic rings. The molecule has 0 aliphatic heterocycles. The summed E-state index contributed by atoms with van der Waals surface area (Å²) < 4.78 is 0. The van der Waals surface area contributed by atoms with E-state index in [-0.39, 0.29) is 0 Å². The van der Waals surface area contributed by atoms with E-state index >= 15 is 0 Å². The molecule has 0 radical (unpaired) electrons. The first kappa shape index (κ1) is 12.7. The smallest absolute Gasteiger partial charge is 0.211 e. The highest BCUT2D eigenvalue weighted by atomic mass is 15.3. The standard InChI is InChI=1S/C9H19N5/c1-12(2)6-7-14(5)9(11-8-10)13(3)4/h6-7H2,1-5H3/b11-9+. The van der Waals surface area contributed by atoms with E-state index in [4.69, 9.17) is 5.26 Å². The largest absolute Gasteiger partial charge is 0.348 e. The fourth-order valence-electron chi connectivity index (χ4n) is 1.02. The average Bonchev–Trinajstić information content (AvgIpc) is 2.09.